The summed E-state index contributed by atoms with van der Waals surface area (Å²) in [5.74, 6) is -0.492. The van der Waals surface area contributed by atoms with E-state index in [0.29, 0.717) is 0 Å². The van der Waals surface area contributed by atoms with Crippen molar-refractivity contribution in [2.75, 3.05) is 19.8 Å². The second kappa shape index (κ2) is 4.31. The molecule has 0 aliphatic rings. The highest BCUT2D eigenvalue weighted by atomic mass is 16.5. The molecule has 0 amide bonds. The third-order valence-electron chi connectivity index (χ3n) is 1.27. The van der Waals surface area contributed by atoms with Crippen molar-refractivity contribution < 1.29 is 19.7 Å². The van der Waals surface area contributed by atoms with Gasteiger partial charge in [0.1, 0.15) is 6.61 Å². The van der Waals surface area contributed by atoms with Gasteiger partial charge in [-0.1, -0.05) is 0 Å². The van der Waals surface area contributed by atoms with Crippen molar-refractivity contribution in [1.82, 2.24) is 0 Å². The molecule has 0 heterocycles. The van der Waals surface area contributed by atoms with Crippen LogP contribution in [0.3, 0.4) is 0 Å². The summed E-state index contributed by atoms with van der Waals surface area (Å²) >= 11 is 0. The lowest BCUT2D eigenvalue weighted by molar-refractivity contribution is -0.157. The van der Waals surface area contributed by atoms with Gasteiger partial charge in [0.2, 0.25) is 0 Å². The van der Waals surface area contributed by atoms with Crippen molar-refractivity contribution >= 4 is 5.97 Å². The molecule has 4 heteroatoms. The number of aliphatic hydroxyl groups excluding tert-OH is 2. The average Bonchev–Trinajstić information content (AvgIpc) is 2.00. The lowest BCUT2D eigenvalue weighted by Gasteiger charge is -2.18. The minimum Gasteiger partial charge on any atom is -0.463 e. The number of hydrogen-bond acceptors (Lipinski definition) is 4. The van der Waals surface area contributed by atoms with Crippen molar-refractivity contribution in [1.29, 1.82) is 0 Å². The van der Waals surface area contributed by atoms with Crippen LogP contribution in [0.5, 0.6) is 0 Å². The van der Waals surface area contributed by atoms with Gasteiger partial charge in [0, 0.05) is 0 Å². The third-order valence-corrected chi connectivity index (χ3v) is 1.27. The van der Waals surface area contributed by atoms with Crippen LogP contribution in [0.25, 0.3) is 0 Å². The highest BCUT2D eigenvalue weighted by molar-refractivity contribution is 5.75. The predicted molar refractivity (Wildman–Crippen MR) is 38.9 cm³/mol. The summed E-state index contributed by atoms with van der Waals surface area (Å²) in [5.41, 5.74) is -0.866. The molecule has 4 nitrogen and oxygen atoms in total. The third kappa shape index (κ3) is 3.34. The van der Waals surface area contributed by atoms with Gasteiger partial charge in [0.05, 0.1) is 18.6 Å². The van der Waals surface area contributed by atoms with E-state index >= 15 is 0 Å². The minimum absolute atomic E-state index is 0.0116. The molecule has 2 N–H and O–H groups in total. The molecule has 0 spiro atoms. The standard InChI is InChI=1S/C7H14O4/c1-7(2,5-9)6(10)11-4-3-8/h8-9H,3-5H2,1-2H3. The Balaban J connectivity index is 3.82. The summed E-state index contributed by atoms with van der Waals surface area (Å²) < 4.78 is 4.60. The summed E-state index contributed by atoms with van der Waals surface area (Å²) in [5, 5.41) is 17.0. The number of ether oxygens (including phenoxy) is 1. The van der Waals surface area contributed by atoms with E-state index in [4.69, 9.17) is 10.2 Å². The maximum Gasteiger partial charge on any atom is 0.313 e. The molecule has 0 aliphatic carbocycles. The molecule has 0 saturated heterocycles. The number of carbonyl (C=O) groups excluding carboxylic acids is 1. The Hall–Kier alpha value is -0.610. The fourth-order valence-electron chi connectivity index (χ4n) is 0.398. The molecular formula is C7H14O4. The highest BCUT2D eigenvalue weighted by Crippen LogP contribution is 2.15. The normalized spacial score (nSPS) is 11.3. The quantitative estimate of drug-likeness (QED) is 0.549. The zero-order chi connectivity index (χ0) is 8.91. The number of hydrogen-bond donors (Lipinski definition) is 2. The van der Waals surface area contributed by atoms with Crippen LogP contribution < -0.4 is 0 Å². The van der Waals surface area contributed by atoms with Gasteiger partial charge in [-0.3, -0.25) is 4.79 Å². The molecule has 66 valence electrons. The first-order chi connectivity index (χ1) is 5.04. The highest BCUT2D eigenvalue weighted by Gasteiger charge is 2.27. The van der Waals surface area contributed by atoms with Crippen LogP contribution in [0.2, 0.25) is 0 Å². The first kappa shape index (κ1) is 10.4. The van der Waals surface area contributed by atoms with Gasteiger partial charge >= 0.3 is 5.97 Å². The Kier molecular flexibility index (Phi) is 4.07. The topological polar surface area (TPSA) is 66.8 Å². The lowest BCUT2D eigenvalue weighted by atomic mass is 9.95. The SMILES string of the molecule is CC(C)(CO)C(=O)OCCO. The van der Waals surface area contributed by atoms with Crippen LogP contribution >= 0.6 is 0 Å². The molecule has 0 aromatic rings. The summed E-state index contributed by atoms with van der Waals surface area (Å²) in [6.07, 6.45) is 0. The first-order valence-corrected chi connectivity index (χ1v) is 3.43. The van der Waals surface area contributed by atoms with Gasteiger partial charge < -0.3 is 14.9 Å². The van der Waals surface area contributed by atoms with Crippen molar-refractivity contribution in [3.63, 3.8) is 0 Å². The molecular weight excluding hydrogens is 148 g/mol. The summed E-state index contributed by atoms with van der Waals surface area (Å²) in [7, 11) is 0. The zero-order valence-corrected chi connectivity index (χ0v) is 6.83. The predicted octanol–water partition coefficient (Wildman–Crippen LogP) is -0.460. The van der Waals surface area contributed by atoms with Gasteiger partial charge in [-0.2, -0.15) is 0 Å². The first-order valence-electron chi connectivity index (χ1n) is 3.43. The van der Waals surface area contributed by atoms with E-state index in [1.165, 1.54) is 0 Å². The lowest BCUT2D eigenvalue weighted by Crippen LogP contribution is -2.30. The summed E-state index contributed by atoms with van der Waals surface area (Å²) in [6, 6.07) is 0. The number of esters is 1. The molecule has 0 saturated carbocycles. The fourth-order valence-corrected chi connectivity index (χ4v) is 0.398. The van der Waals surface area contributed by atoms with Gasteiger partial charge in [-0.05, 0) is 13.8 Å². The Morgan fingerprint density at radius 3 is 2.36 bits per heavy atom. The van der Waals surface area contributed by atoms with Crippen LogP contribution in [0.15, 0.2) is 0 Å². The van der Waals surface area contributed by atoms with Gasteiger partial charge in [-0.15, -0.1) is 0 Å². The van der Waals surface area contributed by atoms with Crippen LogP contribution in [-0.2, 0) is 9.53 Å². The molecule has 0 radical (unpaired) electrons. The van der Waals surface area contributed by atoms with Gasteiger partial charge in [0.15, 0.2) is 0 Å². The van der Waals surface area contributed by atoms with Crippen LogP contribution in [0.4, 0.5) is 0 Å². The largest absolute Gasteiger partial charge is 0.463 e. The average molecular weight is 162 g/mol. The molecule has 0 fully saturated rings. The molecule has 0 atom stereocenters. The number of rotatable bonds is 4. The Morgan fingerprint density at radius 1 is 1.45 bits per heavy atom. The van der Waals surface area contributed by atoms with Crippen LogP contribution in [0, 0.1) is 5.41 Å². The van der Waals surface area contributed by atoms with E-state index in [-0.39, 0.29) is 19.8 Å². The van der Waals surface area contributed by atoms with Gasteiger partial charge in [-0.25, -0.2) is 0 Å². The molecule has 0 rings (SSSR count). The number of aliphatic hydroxyl groups is 2. The summed E-state index contributed by atoms with van der Waals surface area (Å²) in [4.78, 5) is 11.0. The Morgan fingerprint density at radius 2 is 2.00 bits per heavy atom. The van der Waals surface area contributed by atoms with E-state index in [2.05, 4.69) is 4.74 Å². The van der Waals surface area contributed by atoms with Crippen molar-refractivity contribution in [3.05, 3.63) is 0 Å². The van der Waals surface area contributed by atoms with E-state index in [9.17, 15) is 4.79 Å². The van der Waals surface area contributed by atoms with Crippen molar-refractivity contribution in [2.45, 2.75) is 13.8 Å². The molecule has 0 aliphatic heterocycles. The second-order valence-electron chi connectivity index (χ2n) is 2.90. The summed E-state index contributed by atoms with van der Waals surface area (Å²) in [6.45, 7) is 2.70. The Bertz CT molecular complexity index is 130. The van der Waals surface area contributed by atoms with Crippen molar-refractivity contribution in [3.8, 4) is 0 Å². The molecule has 0 aromatic heterocycles. The van der Waals surface area contributed by atoms with E-state index in [1.54, 1.807) is 13.8 Å². The molecule has 11 heavy (non-hydrogen) atoms. The maximum atomic E-state index is 11.0. The van der Waals surface area contributed by atoms with Crippen LogP contribution in [-0.4, -0.2) is 36.0 Å². The smallest absolute Gasteiger partial charge is 0.313 e. The zero-order valence-electron chi connectivity index (χ0n) is 6.83. The van der Waals surface area contributed by atoms with Gasteiger partial charge in [0.25, 0.3) is 0 Å². The molecule has 0 bridgehead atoms. The Labute approximate surface area is 65.8 Å². The second-order valence-corrected chi connectivity index (χ2v) is 2.90. The van der Waals surface area contributed by atoms with Crippen molar-refractivity contribution in [2.24, 2.45) is 5.41 Å². The molecule has 0 unspecified atom stereocenters. The van der Waals surface area contributed by atoms with E-state index < -0.39 is 11.4 Å². The monoisotopic (exact) mass is 162 g/mol. The number of carbonyl (C=O) groups is 1. The molecule has 0 aromatic carbocycles. The van der Waals surface area contributed by atoms with Crippen LogP contribution in [0.1, 0.15) is 13.8 Å². The maximum absolute atomic E-state index is 11.0. The fraction of sp³-hybridized carbons (Fsp3) is 0.857. The van der Waals surface area contributed by atoms with E-state index in [0.717, 1.165) is 0 Å². The van der Waals surface area contributed by atoms with E-state index in [1.807, 2.05) is 0 Å². The minimum atomic E-state index is -0.866.